The predicted molar refractivity (Wildman–Crippen MR) is 102 cm³/mol. The number of fused-ring (bicyclic) bond motifs is 1. The first kappa shape index (κ1) is 18.9. The molecule has 0 fully saturated rings. The SMILES string of the molecule is O=c1cc(C(F)(F)F)c2cc(NC(=S)NCCc3ccccc3)ccc2o1. The Balaban J connectivity index is 1.72. The molecule has 2 aromatic carbocycles. The molecule has 2 N–H and O–H groups in total. The van der Waals surface area contributed by atoms with E-state index < -0.39 is 17.4 Å². The van der Waals surface area contributed by atoms with Crippen LogP contribution in [0.25, 0.3) is 11.0 Å². The van der Waals surface area contributed by atoms with Crippen molar-refractivity contribution in [1.82, 2.24) is 5.32 Å². The monoisotopic (exact) mass is 392 g/mol. The van der Waals surface area contributed by atoms with E-state index in [1.807, 2.05) is 30.3 Å². The minimum atomic E-state index is -4.67. The van der Waals surface area contributed by atoms with E-state index in [2.05, 4.69) is 10.6 Å². The molecule has 0 aliphatic heterocycles. The first-order chi connectivity index (χ1) is 12.8. The summed E-state index contributed by atoms with van der Waals surface area (Å²) in [5.74, 6) is 0. The molecule has 0 saturated heterocycles. The summed E-state index contributed by atoms with van der Waals surface area (Å²) in [6, 6.07) is 14.3. The maximum absolute atomic E-state index is 13.2. The molecule has 0 unspecified atom stereocenters. The quantitative estimate of drug-likeness (QED) is 0.511. The molecule has 0 amide bonds. The zero-order chi connectivity index (χ0) is 19.4. The zero-order valence-electron chi connectivity index (χ0n) is 14.0. The van der Waals surface area contributed by atoms with Crippen molar-refractivity contribution in [2.45, 2.75) is 12.6 Å². The van der Waals surface area contributed by atoms with Gasteiger partial charge in [0.2, 0.25) is 0 Å². The van der Waals surface area contributed by atoms with Crippen LogP contribution in [-0.2, 0) is 12.6 Å². The standard InChI is InChI=1S/C19H15F3N2O2S/c20-19(21,22)15-11-17(25)26-16-7-6-13(10-14(15)16)24-18(27)23-9-8-12-4-2-1-3-5-12/h1-7,10-11H,8-9H2,(H2,23,24,27). The van der Waals surface area contributed by atoms with Crippen molar-refractivity contribution in [2.24, 2.45) is 0 Å². The number of rotatable bonds is 4. The van der Waals surface area contributed by atoms with Gasteiger partial charge in [-0.1, -0.05) is 30.3 Å². The van der Waals surface area contributed by atoms with E-state index in [1.54, 1.807) is 0 Å². The van der Waals surface area contributed by atoms with Crippen LogP contribution < -0.4 is 16.3 Å². The van der Waals surface area contributed by atoms with Gasteiger partial charge >= 0.3 is 11.8 Å². The zero-order valence-corrected chi connectivity index (χ0v) is 14.8. The highest BCUT2D eigenvalue weighted by molar-refractivity contribution is 7.80. The van der Waals surface area contributed by atoms with Gasteiger partial charge in [-0.25, -0.2) is 4.79 Å². The van der Waals surface area contributed by atoms with Gasteiger partial charge < -0.3 is 15.1 Å². The predicted octanol–water partition coefficient (Wildman–Crippen LogP) is 4.34. The fourth-order valence-corrected chi connectivity index (χ4v) is 2.84. The average molecular weight is 392 g/mol. The normalized spacial score (nSPS) is 11.4. The lowest BCUT2D eigenvalue weighted by Crippen LogP contribution is -2.30. The summed E-state index contributed by atoms with van der Waals surface area (Å²) in [6.45, 7) is 0.576. The van der Waals surface area contributed by atoms with Gasteiger partial charge in [-0.15, -0.1) is 0 Å². The Morgan fingerprint density at radius 2 is 1.81 bits per heavy atom. The summed E-state index contributed by atoms with van der Waals surface area (Å²) >= 11 is 5.18. The summed E-state index contributed by atoms with van der Waals surface area (Å²) in [5.41, 5.74) is -0.722. The number of nitrogens with one attached hydrogen (secondary N) is 2. The van der Waals surface area contributed by atoms with Crippen LogP contribution in [0.1, 0.15) is 11.1 Å². The molecule has 1 aromatic heterocycles. The minimum absolute atomic E-state index is 0.136. The summed E-state index contributed by atoms with van der Waals surface area (Å²) in [5, 5.41) is 5.93. The number of alkyl halides is 3. The van der Waals surface area contributed by atoms with E-state index in [1.165, 1.54) is 18.2 Å². The van der Waals surface area contributed by atoms with Crippen LogP contribution in [0.2, 0.25) is 0 Å². The van der Waals surface area contributed by atoms with E-state index in [9.17, 15) is 18.0 Å². The highest BCUT2D eigenvalue weighted by atomic mass is 32.1. The van der Waals surface area contributed by atoms with Gasteiger partial charge in [-0.3, -0.25) is 0 Å². The molecule has 0 saturated carbocycles. The number of anilines is 1. The fraction of sp³-hybridized carbons (Fsp3) is 0.158. The highest BCUT2D eigenvalue weighted by Gasteiger charge is 2.33. The van der Waals surface area contributed by atoms with Gasteiger partial charge in [0.1, 0.15) is 5.58 Å². The molecule has 140 valence electrons. The molecule has 0 atom stereocenters. The van der Waals surface area contributed by atoms with Crippen molar-refractivity contribution in [2.75, 3.05) is 11.9 Å². The first-order valence-electron chi connectivity index (χ1n) is 8.07. The van der Waals surface area contributed by atoms with Crippen molar-refractivity contribution < 1.29 is 17.6 Å². The highest BCUT2D eigenvalue weighted by Crippen LogP contribution is 2.34. The third-order valence-electron chi connectivity index (χ3n) is 3.85. The minimum Gasteiger partial charge on any atom is -0.423 e. The summed E-state index contributed by atoms with van der Waals surface area (Å²) in [7, 11) is 0. The molecular weight excluding hydrogens is 377 g/mol. The Labute approximate surface area is 158 Å². The largest absolute Gasteiger partial charge is 0.423 e. The van der Waals surface area contributed by atoms with Crippen LogP contribution in [0, 0.1) is 0 Å². The Morgan fingerprint density at radius 1 is 1.07 bits per heavy atom. The average Bonchev–Trinajstić information content (AvgIpc) is 2.61. The molecule has 3 aromatic rings. The Bertz CT molecular complexity index is 1020. The lowest BCUT2D eigenvalue weighted by Gasteiger charge is -2.13. The van der Waals surface area contributed by atoms with Crippen LogP contribution in [0.3, 0.4) is 0 Å². The third kappa shape index (κ3) is 4.85. The van der Waals surface area contributed by atoms with Gasteiger partial charge in [0.15, 0.2) is 5.11 Å². The van der Waals surface area contributed by atoms with Gasteiger partial charge in [0, 0.05) is 23.7 Å². The van der Waals surface area contributed by atoms with E-state index in [-0.39, 0.29) is 16.1 Å². The van der Waals surface area contributed by atoms with Crippen LogP contribution in [0.4, 0.5) is 18.9 Å². The van der Waals surface area contributed by atoms with Gasteiger partial charge in [0.25, 0.3) is 0 Å². The fourth-order valence-electron chi connectivity index (χ4n) is 2.62. The van der Waals surface area contributed by atoms with Gasteiger partial charge in [-0.05, 0) is 42.4 Å². The Kier molecular flexibility index (Phi) is 5.46. The summed E-state index contributed by atoms with van der Waals surface area (Å²) in [6.07, 6.45) is -3.91. The van der Waals surface area contributed by atoms with E-state index in [0.717, 1.165) is 12.0 Å². The number of thiocarbonyl (C=S) groups is 1. The lowest BCUT2D eigenvalue weighted by atomic mass is 10.1. The Hall–Kier alpha value is -2.87. The molecule has 0 aliphatic carbocycles. The second-order valence-electron chi connectivity index (χ2n) is 5.80. The molecule has 0 aliphatic rings. The molecule has 27 heavy (non-hydrogen) atoms. The third-order valence-corrected chi connectivity index (χ3v) is 4.09. The van der Waals surface area contributed by atoms with Crippen molar-refractivity contribution in [3.8, 4) is 0 Å². The second kappa shape index (κ2) is 7.79. The molecule has 4 nitrogen and oxygen atoms in total. The first-order valence-corrected chi connectivity index (χ1v) is 8.47. The molecule has 8 heteroatoms. The molecular formula is C19H15F3N2O2S. The maximum Gasteiger partial charge on any atom is 0.417 e. The van der Waals surface area contributed by atoms with E-state index >= 15 is 0 Å². The van der Waals surface area contributed by atoms with Crippen molar-refractivity contribution >= 4 is 34.0 Å². The van der Waals surface area contributed by atoms with E-state index in [4.69, 9.17) is 16.6 Å². The van der Waals surface area contributed by atoms with Crippen molar-refractivity contribution in [3.63, 3.8) is 0 Å². The summed E-state index contributed by atoms with van der Waals surface area (Å²) < 4.78 is 44.4. The van der Waals surface area contributed by atoms with Gasteiger partial charge in [-0.2, -0.15) is 13.2 Å². The lowest BCUT2D eigenvalue weighted by molar-refractivity contribution is -0.136. The van der Waals surface area contributed by atoms with Crippen molar-refractivity contribution in [3.05, 3.63) is 76.1 Å². The number of hydrogen-bond acceptors (Lipinski definition) is 3. The second-order valence-corrected chi connectivity index (χ2v) is 6.21. The van der Waals surface area contributed by atoms with Crippen LogP contribution >= 0.6 is 12.2 Å². The topological polar surface area (TPSA) is 54.3 Å². The van der Waals surface area contributed by atoms with Crippen LogP contribution in [-0.4, -0.2) is 11.7 Å². The molecule has 0 radical (unpaired) electrons. The molecule has 1 heterocycles. The maximum atomic E-state index is 13.2. The molecule has 0 bridgehead atoms. The van der Waals surface area contributed by atoms with Crippen LogP contribution in [0.5, 0.6) is 0 Å². The molecule has 0 spiro atoms. The smallest absolute Gasteiger partial charge is 0.417 e. The number of halogens is 3. The van der Waals surface area contributed by atoms with E-state index in [0.29, 0.717) is 18.3 Å². The number of benzene rings is 2. The molecule has 3 rings (SSSR count). The van der Waals surface area contributed by atoms with Crippen LogP contribution in [0.15, 0.2) is 63.8 Å². The Morgan fingerprint density at radius 3 is 2.52 bits per heavy atom. The van der Waals surface area contributed by atoms with Gasteiger partial charge in [0.05, 0.1) is 5.56 Å². The summed E-state index contributed by atoms with van der Waals surface area (Å²) in [4.78, 5) is 11.3. The number of hydrogen-bond donors (Lipinski definition) is 2. The van der Waals surface area contributed by atoms with Crippen molar-refractivity contribution in [1.29, 1.82) is 0 Å².